The van der Waals surface area contributed by atoms with Crippen molar-refractivity contribution in [3.63, 3.8) is 0 Å². The number of hydrogen-bond donors (Lipinski definition) is 0. The number of carbonyl (C=O) groups is 2. The third-order valence-corrected chi connectivity index (χ3v) is 7.85. The Morgan fingerprint density at radius 3 is 2.56 bits per heavy atom. The minimum Gasteiger partial charge on any atom is -0.273 e. The molecule has 0 N–H and O–H groups in total. The van der Waals surface area contributed by atoms with Crippen molar-refractivity contribution in [3.05, 3.63) is 0 Å². The van der Waals surface area contributed by atoms with E-state index in [9.17, 15) is 9.59 Å². The average molecular weight is 511 g/mol. The second-order valence-electron chi connectivity index (χ2n) is 4.90. The Bertz CT molecular complexity index is 378. The predicted molar refractivity (Wildman–Crippen MR) is 84.4 cm³/mol. The molecule has 1 saturated heterocycles. The molecule has 2 rings (SSSR count). The van der Waals surface area contributed by atoms with Crippen LogP contribution in [0.2, 0.25) is 0 Å². The molecule has 18 heavy (non-hydrogen) atoms. The molecule has 2 amide bonds. The third-order valence-electron chi connectivity index (χ3n) is 3.93. The summed E-state index contributed by atoms with van der Waals surface area (Å²) < 4.78 is 1.15. The second kappa shape index (κ2) is 5.82. The van der Waals surface area contributed by atoms with Gasteiger partial charge in [0.2, 0.25) is 11.8 Å². The zero-order valence-electron chi connectivity index (χ0n) is 9.54. The highest BCUT2D eigenvalue weighted by Gasteiger charge is 2.61. The number of carbonyl (C=O) groups excluding carboxylic acids is 2. The molecule has 0 aromatic carbocycles. The lowest BCUT2D eigenvalue weighted by atomic mass is 9.65. The summed E-state index contributed by atoms with van der Waals surface area (Å²) in [5, 5.41) is 0.857. The number of imide groups is 1. The zero-order chi connectivity index (χ0) is 13.5. The Morgan fingerprint density at radius 2 is 1.94 bits per heavy atom. The second-order valence-corrected chi connectivity index (χ2v) is 8.75. The SMILES string of the molecule is O=C1C2CC(Br)C(Br)CC2(CCCBr)C(=O)N1Br. The van der Waals surface area contributed by atoms with Gasteiger partial charge in [-0.25, -0.2) is 3.93 Å². The molecule has 1 aliphatic heterocycles. The Labute approximate surface area is 140 Å². The van der Waals surface area contributed by atoms with Gasteiger partial charge in [0.15, 0.2) is 0 Å². The van der Waals surface area contributed by atoms with Gasteiger partial charge in [-0.05, 0) is 25.7 Å². The van der Waals surface area contributed by atoms with E-state index in [1.807, 2.05) is 0 Å². The fraction of sp³-hybridized carbons (Fsp3) is 0.818. The normalized spacial score (nSPS) is 40.2. The van der Waals surface area contributed by atoms with Crippen LogP contribution in [-0.2, 0) is 9.59 Å². The summed E-state index contributed by atoms with van der Waals surface area (Å²) >= 11 is 13.7. The molecule has 0 aromatic heterocycles. The van der Waals surface area contributed by atoms with Gasteiger partial charge in [-0.1, -0.05) is 47.8 Å². The van der Waals surface area contributed by atoms with Crippen LogP contribution < -0.4 is 0 Å². The Hall–Kier alpha value is 1.06. The van der Waals surface area contributed by atoms with E-state index in [-0.39, 0.29) is 27.4 Å². The van der Waals surface area contributed by atoms with E-state index in [0.717, 1.165) is 22.1 Å². The zero-order valence-corrected chi connectivity index (χ0v) is 15.9. The Balaban J connectivity index is 2.34. The quantitative estimate of drug-likeness (QED) is 0.329. The van der Waals surface area contributed by atoms with Crippen molar-refractivity contribution >= 4 is 75.8 Å². The maximum absolute atomic E-state index is 12.4. The molecule has 1 heterocycles. The number of hydrogen-bond acceptors (Lipinski definition) is 2. The van der Waals surface area contributed by atoms with Crippen LogP contribution in [0.25, 0.3) is 0 Å². The topological polar surface area (TPSA) is 37.4 Å². The van der Waals surface area contributed by atoms with Crippen LogP contribution in [0.3, 0.4) is 0 Å². The first-order valence-electron chi connectivity index (χ1n) is 5.82. The van der Waals surface area contributed by atoms with Crippen LogP contribution >= 0.6 is 63.9 Å². The molecule has 1 saturated carbocycles. The van der Waals surface area contributed by atoms with E-state index < -0.39 is 5.41 Å². The summed E-state index contributed by atoms with van der Waals surface area (Å²) in [6, 6.07) is 0. The summed E-state index contributed by atoms with van der Waals surface area (Å²) in [6.07, 6.45) is 3.10. The number of halogens is 4. The maximum Gasteiger partial charge on any atom is 0.246 e. The number of nitrogens with zero attached hydrogens (tertiary/aromatic N) is 1. The number of fused-ring (bicyclic) bond motifs is 1. The molecule has 1 aliphatic carbocycles. The van der Waals surface area contributed by atoms with E-state index in [1.165, 1.54) is 0 Å². The van der Waals surface area contributed by atoms with Gasteiger partial charge in [0.05, 0.1) is 27.5 Å². The lowest BCUT2D eigenvalue weighted by molar-refractivity contribution is -0.135. The lowest BCUT2D eigenvalue weighted by Gasteiger charge is -2.40. The van der Waals surface area contributed by atoms with E-state index in [0.29, 0.717) is 12.8 Å². The molecule has 4 unspecified atom stereocenters. The van der Waals surface area contributed by atoms with Crippen molar-refractivity contribution in [1.29, 1.82) is 0 Å². The Kier molecular flexibility index (Phi) is 4.99. The standard InChI is InChI=1S/C11H13Br4NO2/c12-3-1-2-11-5-8(14)7(13)4-6(11)9(17)16(15)10(11)18/h6-8H,1-5H2. The minimum absolute atomic E-state index is 0.0673. The van der Waals surface area contributed by atoms with Gasteiger partial charge in [0.1, 0.15) is 0 Å². The first-order chi connectivity index (χ1) is 8.44. The molecular formula is C11H13Br4NO2. The summed E-state index contributed by atoms with van der Waals surface area (Å²) in [4.78, 5) is 25.1. The smallest absolute Gasteiger partial charge is 0.246 e. The van der Waals surface area contributed by atoms with Crippen molar-refractivity contribution in [1.82, 2.24) is 3.93 Å². The van der Waals surface area contributed by atoms with E-state index >= 15 is 0 Å². The molecule has 2 aliphatic rings. The summed E-state index contributed by atoms with van der Waals surface area (Å²) in [6.45, 7) is 0. The monoisotopic (exact) mass is 507 g/mol. The lowest BCUT2D eigenvalue weighted by Crippen LogP contribution is -2.44. The average Bonchev–Trinajstić information content (AvgIpc) is 2.52. The summed E-state index contributed by atoms with van der Waals surface area (Å²) in [5.41, 5.74) is -0.521. The van der Waals surface area contributed by atoms with Crippen LogP contribution in [-0.4, -0.2) is 30.7 Å². The van der Waals surface area contributed by atoms with Crippen LogP contribution in [0.5, 0.6) is 0 Å². The molecule has 0 radical (unpaired) electrons. The predicted octanol–water partition coefficient (Wildman–Crippen LogP) is 3.76. The highest BCUT2D eigenvalue weighted by atomic mass is 79.9. The largest absolute Gasteiger partial charge is 0.273 e. The molecular weight excluding hydrogens is 498 g/mol. The van der Waals surface area contributed by atoms with Crippen LogP contribution in [0.1, 0.15) is 25.7 Å². The first-order valence-corrected chi connectivity index (χ1v) is 9.48. The van der Waals surface area contributed by atoms with Gasteiger partial charge in [-0.2, -0.15) is 0 Å². The molecule has 0 aromatic rings. The highest BCUT2D eigenvalue weighted by molar-refractivity contribution is 9.12. The van der Waals surface area contributed by atoms with Crippen molar-refractivity contribution in [2.75, 3.05) is 5.33 Å². The van der Waals surface area contributed by atoms with E-state index in [4.69, 9.17) is 0 Å². The molecule has 2 fully saturated rings. The molecule has 0 bridgehead atoms. The van der Waals surface area contributed by atoms with Gasteiger partial charge in [-0.3, -0.25) is 9.59 Å². The van der Waals surface area contributed by atoms with Gasteiger partial charge < -0.3 is 0 Å². The van der Waals surface area contributed by atoms with Crippen LogP contribution in [0.15, 0.2) is 0 Å². The number of alkyl halides is 3. The van der Waals surface area contributed by atoms with Crippen LogP contribution in [0.4, 0.5) is 0 Å². The van der Waals surface area contributed by atoms with Gasteiger partial charge in [-0.15, -0.1) is 0 Å². The first kappa shape index (κ1) is 15.4. The van der Waals surface area contributed by atoms with Crippen molar-refractivity contribution in [2.45, 2.75) is 35.3 Å². The fourth-order valence-electron chi connectivity index (χ4n) is 2.99. The number of amides is 2. The van der Waals surface area contributed by atoms with E-state index in [2.05, 4.69) is 63.9 Å². The van der Waals surface area contributed by atoms with E-state index in [1.54, 1.807) is 0 Å². The molecule has 3 nitrogen and oxygen atoms in total. The minimum atomic E-state index is -0.521. The van der Waals surface area contributed by atoms with Crippen molar-refractivity contribution < 1.29 is 9.59 Å². The highest BCUT2D eigenvalue weighted by Crippen LogP contribution is 2.54. The molecule has 4 atom stereocenters. The van der Waals surface area contributed by atoms with Gasteiger partial charge in [0, 0.05) is 15.0 Å². The van der Waals surface area contributed by atoms with Crippen molar-refractivity contribution in [3.8, 4) is 0 Å². The summed E-state index contributed by atoms with van der Waals surface area (Å²) in [5.74, 6) is -0.345. The van der Waals surface area contributed by atoms with Crippen LogP contribution in [0, 0.1) is 11.3 Å². The van der Waals surface area contributed by atoms with Gasteiger partial charge >= 0.3 is 0 Å². The third kappa shape index (κ3) is 2.37. The fourth-order valence-corrected chi connectivity index (χ4v) is 5.22. The van der Waals surface area contributed by atoms with Crippen molar-refractivity contribution in [2.24, 2.45) is 11.3 Å². The molecule has 7 heteroatoms. The molecule has 0 spiro atoms. The van der Waals surface area contributed by atoms with Gasteiger partial charge in [0.25, 0.3) is 0 Å². The summed E-state index contributed by atoms with van der Waals surface area (Å²) in [7, 11) is 0. The number of rotatable bonds is 3. The Morgan fingerprint density at radius 1 is 1.28 bits per heavy atom. The maximum atomic E-state index is 12.4. The molecule has 102 valence electrons.